The summed E-state index contributed by atoms with van der Waals surface area (Å²) in [5, 5.41) is 3.08. The molecule has 1 saturated carbocycles. The minimum absolute atomic E-state index is 0.0469. The first-order valence-corrected chi connectivity index (χ1v) is 13.1. The minimum atomic E-state index is -1.20. The molecule has 0 spiro atoms. The van der Waals surface area contributed by atoms with Gasteiger partial charge in [-0.2, -0.15) is 4.37 Å². The molecule has 1 aromatic heterocycles. The van der Waals surface area contributed by atoms with Crippen molar-refractivity contribution in [2.24, 2.45) is 5.73 Å². The van der Waals surface area contributed by atoms with Crippen molar-refractivity contribution in [2.75, 3.05) is 20.0 Å². The summed E-state index contributed by atoms with van der Waals surface area (Å²) in [6.07, 6.45) is 3.62. The van der Waals surface area contributed by atoms with Gasteiger partial charge in [-0.3, -0.25) is 14.4 Å². The summed E-state index contributed by atoms with van der Waals surface area (Å²) in [6, 6.07) is 9.30. The molecule has 39 heavy (non-hydrogen) atoms. The van der Waals surface area contributed by atoms with E-state index in [2.05, 4.69) is 9.69 Å². The molecule has 1 atom stereocenters. The molecule has 1 fully saturated rings. The number of hydrogen-bond donors (Lipinski definition) is 3. The summed E-state index contributed by atoms with van der Waals surface area (Å²) in [6.45, 7) is -0.0918. The maximum atomic E-state index is 14.1. The fourth-order valence-corrected chi connectivity index (χ4v) is 5.44. The molecule has 10 nitrogen and oxygen atoms in total. The second-order valence-electron chi connectivity index (χ2n) is 9.20. The van der Waals surface area contributed by atoms with Gasteiger partial charge in [0.25, 0.3) is 11.8 Å². The average molecular weight is 556 g/mol. The van der Waals surface area contributed by atoms with Crippen LogP contribution in [0.5, 0.6) is 11.5 Å². The molecule has 0 radical (unpaired) electrons. The zero-order valence-electron chi connectivity index (χ0n) is 21.6. The fraction of sp³-hybridized carbons (Fsp3) is 0.333. The van der Waals surface area contributed by atoms with E-state index in [4.69, 9.17) is 20.9 Å². The summed E-state index contributed by atoms with van der Waals surface area (Å²) in [4.78, 5) is 41.2. The van der Waals surface area contributed by atoms with Gasteiger partial charge in [0.2, 0.25) is 5.91 Å². The van der Waals surface area contributed by atoms with Gasteiger partial charge in [-0.15, -0.1) is 0 Å². The molecule has 0 saturated heterocycles. The van der Waals surface area contributed by atoms with E-state index in [1.54, 1.807) is 18.2 Å². The predicted octanol–water partition coefficient (Wildman–Crippen LogP) is 3.42. The lowest BCUT2D eigenvalue weighted by molar-refractivity contribution is -0.126. The Labute approximate surface area is 229 Å². The number of rotatable bonds is 10. The highest BCUT2D eigenvalue weighted by molar-refractivity contribution is 7.09. The van der Waals surface area contributed by atoms with Gasteiger partial charge in [0.15, 0.2) is 5.69 Å². The Kier molecular flexibility index (Phi) is 8.65. The van der Waals surface area contributed by atoms with Gasteiger partial charge in [-0.05, 0) is 60.3 Å². The molecule has 0 aliphatic heterocycles. The lowest BCUT2D eigenvalue weighted by Gasteiger charge is -2.33. The molecule has 206 valence electrons. The molecule has 3 amide bonds. The molecule has 2 aromatic carbocycles. The Morgan fingerprint density at radius 2 is 1.82 bits per heavy atom. The van der Waals surface area contributed by atoms with E-state index in [-0.39, 0.29) is 28.8 Å². The van der Waals surface area contributed by atoms with Crippen LogP contribution in [0.3, 0.4) is 0 Å². The number of methoxy groups -OCH3 is 2. The summed E-state index contributed by atoms with van der Waals surface area (Å²) >= 11 is 0.714. The van der Waals surface area contributed by atoms with Crippen LogP contribution in [0.2, 0.25) is 0 Å². The molecule has 1 heterocycles. The number of carbonyl (C=O) groups is 3. The van der Waals surface area contributed by atoms with Crippen LogP contribution in [0.4, 0.5) is 10.1 Å². The Hall–Kier alpha value is -4.19. The van der Waals surface area contributed by atoms with E-state index in [1.807, 2.05) is 0 Å². The molecule has 1 aliphatic carbocycles. The molecule has 0 bridgehead atoms. The Balaban J connectivity index is 1.87. The number of aromatic nitrogens is 1. The SMILES string of the molecule is COc1ccc(OC)c(C(C(=O)NC2CCCC2)N(Cc2ccc(F)cc2)C(=O)c2snc(C(N)=O)c2N)c1. The van der Waals surface area contributed by atoms with Crippen molar-refractivity contribution >= 4 is 34.9 Å². The zero-order chi connectivity index (χ0) is 28.1. The fourth-order valence-electron chi connectivity index (χ4n) is 4.68. The second kappa shape index (κ2) is 12.1. The first-order valence-electron chi connectivity index (χ1n) is 12.4. The highest BCUT2D eigenvalue weighted by Crippen LogP contribution is 2.37. The molecule has 1 unspecified atom stereocenters. The number of benzene rings is 2. The minimum Gasteiger partial charge on any atom is -0.497 e. The maximum Gasteiger partial charge on any atom is 0.270 e. The topological polar surface area (TPSA) is 150 Å². The quantitative estimate of drug-likeness (QED) is 0.347. The van der Waals surface area contributed by atoms with Gasteiger partial charge in [-0.25, -0.2) is 4.39 Å². The van der Waals surface area contributed by atoms with Crippen LogP contribution in [0, 0.1) is 5.82 Å². The zero-order valence-corrected chi connectivity index (χ0v) is 22.4. The van der Waals surface area contributed by atoms with E-state index in [0.29, 0.717) is 34.2 Å². The molecule has 12 heteroatoms. The highest BCUT2D eigenvalue weighted by Gasteiger charge is 2.37. The van der Waals surface area contributed by atoms with Crippen LogP contribution in [-0.4, -0.2) is 47.3 Å². The summed E-state index contributed by atoms with van der Waals surface area (Å²) in [7, 11) is 2.95. The van der Waals surface area contributed by atoms with Gasteiger partial charge < -0.3 is 31.2 Å². The normalized spacial score (nSPS) is 14.0. The van der Waals surface area contributed by atoms with Crippen molar-refractivity contribution < 1.29 is 28.2 Å². The molecular formula is C27H30FN5O5S. The van der Waals surface area contributed by atoms with Crippen LogP contribution in [0.25, 0.3) is 0 Å². The van der Waals surface area contributed by atoms with Crippen molar-refractivity contribution in [3.8, 4) is 11.5 Å². The van der Waals surface area contributed by atoms with E-state index in [1.165, 1.54) is 43.4 Å². The van der Waals surface area contributed by atoms with Gasteiger partial charge in [0, 0.05) is 18.2 Å². The number of primary amides is 1. The summed E-state index contributed by atoms with van der Waals surface area (Å²) < 4.78 is 28.7. The van der Waals surface area contributed by atoms with Crippen molar-refractivity contribution in [1.29, 1.82) is 0 Å². The van der Waals surface area contributed by atoms with Crippen molar-refractivity contribution in [1.82, 2.24) is 14.6 Å². The van der Waals surface area contributed by atoms with Crippen LogP contribution < -0.4 is 26.3 Å². The highest BCUT2D eigenvalue weighted by atomic mass is 32.1. The third kappa shape index (κ3) is 6.11. The number of amides is 3. The smallest absolute Gasteiger partial charge is 0.270 e. The standard InChI is InChI=1S/C27H30FN5O5S/c1-37-18-11-12-20(38-2)19(13-18)23(26(35)31-17-5-3-4-6-17)33(14-15-7-9-16(28)10-8-15)27(36)24-21(29)22(25(30)34)32-39-24/h7-13,17,23H,3-6,14,29H2,1-2H3,(H2,30,34)(H,31,35). The van der Waals surface area contributed by atoms with Crippen molar-refractivity contribution in [2.45, 2.75) is 44.3 Å². The number of nitrogen functional groups attached to an aromatic ring is 1. The number of nitrogens with zero attached hydrogens (tertiary/aromatic N) is 2. The first-order chi connectivity index (χ1) is 18.7. The van der Waals surface area contributed by atoms with E-state index < -0.39 is 29.6 Å². The van der Waals surface area contributed by atoms with Gasteiger partial charge in [0.1, 0.15) is 28.2 Å². The largest absolute Gasteiger partial charge is 0.497 e. The van der Waals surface area contributed by atoms with Crippen molar-refractivity contribution in [3.63, 3.8) is 0 Å². The van der Waals surface area contributed by atoms with Crippen molar-refractivity contribution in [3.05, 3.63) is 70.0 Å². The Morgan fingerprint density at radius 3 is 2.41 bits per heavy atom. The first kappa shape index (κ1) is 27.8. The van der Waals surface area contributed by atoms with E-state index in [0.717, 1.165) is 25.7 Å². The lowest BCUT2D eigenvalue weighted by atomic mass is 10.00. The van der Waals surface area contributed by atoms with Gasteiger partial charge in [-0.1, -0.05) is 25.0 Å². The number of nitrogens with one attached hydrogen (secondary N) is 1. The number of halogens is 1. The maximum absolute atomic E-state index is 14.1. The third-order valence-corrected chi connectivity index (χ3v) is 7.53. The van der Waals surface area contributed by atoms with Gasteiger partial charge in [0.05, 0.1) is 19.9 Å². The average Bonchev–Trinajstić information content (AvgIpc) is 3.58. The van der Waals surface area contributed by atoms with Crippen LogP contribution >= 0.6 is 11.5 Å². The molecule has 1 aliphatic rings. The third-order valence-electron chi connectivity index (χ3n) is 6.68. The predicted molar refractivity (Wildman–Crippen MR) is 144 cm³/mol. The van der Waals surface area contributed by atoms with Crippen LogP contribution in [0.1, 0.15) is 63.0 Å². The summed E-state index contributed by atoms with van der Waals surface area (Å²) in [5.41, 5.74) is 12.0. The monoisotopic (exact) mass is 555 g/mol. The molecule has 4 rings (SSSR count). The van der Waals surface area contributed by atoms with Gasteiger partial charge >= 0.3 is 0 Å². The molecule has 5 N–H and O–H groups in total. The summed E-state index contributed by atoms with van der Waals surface area (Å²) in [5.74, 6) is -1.60. The van der Waals surface area contributed by atoms with E-state index >= 15 is 0 Å². The number of hydrogen-bond acceptors (Lipinski definition) is 8. The lowest BCUT2D eigenvalue weighted by Crippen LogP contribution is -2.46. The number of nitrogens with two attached hydrogens (primary N) is 2. The van der Waals surface area contributed by atoms with Crippen LogP contribution in [0.15, 0.2) is 42.5 Å². The van der Waals surface area contributed by atoms with E-state index in [9.17, 15) is 18.8 Å². The Bertz CT molecular complexity index is 1360. The number of ether oxygens (including phenoxy) is 2. The number of carbonyl (C=O) groups excluding carboxylic acids is 3. The number of anilines is 1. The van der Waals surface area contributed by atoms with Crippen LogP contribution in [-0.2, 0) is 11.3 Å². The molecular weight excluding hydrogens is 525 g/mol. The Morgan fingerprint density at radius 1 is 1.13 bits per heavy atom. The molecule has 3 aromatic rings. The second-order valence-corrected chi connectivity index (χ2v) is 9.97.